The number of amides is 1. The SMILES string of the molecule is Cc1cc(C)c(NS(=O)(=O)c2ccc(NC(=O)/C=C/c3ccc(Cl)cc3Cl)cc2)c(C)c1. The van der Waals surface area contributed by atoms with E-state index in [1.807, 2.05) is 32.9 Å². The number of carbonyl (C=O) groups excluding carboxylic acids is 1. The normalized spacial score (nSPS) is 11.5. The Balaban J connectivity index is 1.70. The second-order valence-corrected chi connectivity index (χ2v) is 9.92. The predicted molar refractivity (Wildman–Crippen MR) is 132 cm³/mol. The number of rotatable bonds is 6. The van der Waals surface area contributed by atoms with Crippen molar-refractivity contribution < 1.29 is 13.2 Å². The van der Waals surface area contributed by atoms with E-state index in [0.717, 1.165) is 16.7 Å². The summed E-state index contributed by atoms with van der Waals surface area (Å²) < 4.78 is 28.3. The molecule has 0 aliphatic heterocycles. The van der Waals surface area contributed by atoms with Crippen LogP contribution >= 0.6 is 23.2 Å². The molecule has 0 aromatic heterocycles. The Kier molecular flexibility index (Phi) is 7.29. The second-order valence-electron chi connectivity index (χ2n) is 7.39. The van der Waals surface area contributed by atoms with Crippen molar-refractivity contribution in [1.29, 1.82) is 0 Å². The number of halogens is 2. The van der Waals surface area contributed by atoms with Gasteiger partial charge in [0.1, 0.15) is 0 Å². The van der Waals surface area contributed by atoms with Gasteiger partial charge < -0.3 is 5.32 Å². The third-order valence-electron chi connectivity index (χ3n) is 4.72. The van der Waals surface area contributed by atoms with Crippen LogP contribution in [0.5, 0.6) is 0 Å². The van der Waals surface area contributed by atoms with Gasteiger partial charge in [-0.05, 0) is 79.9 Å². The summed E-state index contributed by atoms with van der Waals surface area (Å²) in [6.07, 6.45) is 2.91. The average molecular weight is 489 g/mol. The zero-order valence-electron chi connectivity index (χ0n) is 17.7. The average Bonchev–Trinajstić information content (AvgIpc) is 2.70. The molecule has 0 saturated heterocycles. The Bertz CT molecular complexity index is 1280. The van der Waals surface area contributed by atoms with Gasteiger partial charge in [-0.15, -0.1) is 0 Å². The molecule has 0 spiro atoms. The van der Waals surface area contributed by atoms with Crippen LogP contribution in [0.15, 0.2) is 65.6 Å². The first-order valence-electron chi connectivity index (χ1n) is 9.70. The maximum Gasteiger partial charge on any atom is 0.261 e. The van der Waals surface area contributed by atoms with Crippen molar-refractivity contribution in [3.63, 3.8) is 0 Å². The Labute approximate surface area is 198 Å². The van der Waals surface area contributed by atoms with E-state index in [1.165, 1.54) is 30.3 Å². The zero-order chi connectivity index (χ0) is 23.5. The molecule has 0 aliphatic carbocycles. The summed E-state index contributed by atoms with van der Waals surface area (Å²) in [6, 6.07) is 14.8. The third kappa shape index (κ3) is 5.91. The number of aryl methyl sites for hydroxylation is 3. The Hall–Kier alpha value is -2.80. The van der Waals surface area contributed by atoms with E-state index in [0.29, 0.717) is 27.0 Å². The molecule has 0 heterocycles. The van der Waals surface area contributed by atoms with Gasteiger partial charge in [0.05, 0.1) is 10.6 Å². The molecule has 8 heteroatoms. The summed E-state index contributed by atoms with van der Waals surface area (Å²) in [5, 5.41) is 3.63. The zero-order valence-corrected chi connectivity index (χ0v) is 20.1. The van der Waals surface area contributed by atoms with Gasteiger partial charge in [-0.3, -0.25) is 9.52 Å². The molecule has 2 N–H and O–H groups in total. The van der Waals surface area contributed by atoms with Crippen LogP contribution in [0, 0.1) is 20.8 Å². The van der Waals surface area contributed by atoms with Crippen LogP contribution in [0.2, 0.25) is 10.0 Å². The predicted octanol–water partition coefficient (Wildman–Crippen LogP) is 6.37. The monoisotopic (exact) mass is 488 g/mol. The van der Waals surface area contributed by atoms with Crippen LogP contribution in [0.3, 0.4) is 0 Å². The van der Waals surface area contributed by atoms with Crippen LogP contribution in [0.4, 0.5) is 11.4 Å². The van der Waals surface area contributed by atoms with E-state index in [2.05, 4.69) is 10.0 Å². The molecule has 0 unspecified atom stereocenters. The number of nitrogens with one attached hydrogen (secondary N) is 2. The van der Waals surface area contributed by atoms with Gasteiger partial charge in [-0.25, -0.2) is 8.42 Å². The van der Waals surface area contributed by atoms with Crippen molar-refractivity contribution >= 4 is 56.6 Å². The minimum atomic E-state index is -3.77. The molecule has 3 aromatic rings. The van der Waals surface area contributed by atoms with Crippen LogP contribution < -0.4 is 10.0 Å². The first kappa shape index (κ1) is 23.9. The van der Waals surface area contributed by atoms with Gasteiger partial charge in [0.25, 0.3) is 10.0 Å². The molecule has 0 bridgehead atoms. The van der Waals surface area contributed by atoms with Crippen molar-refractivity contribution in [2.45, 2.75) is 25.7 Å². The summed E-state index contributed by atoms with van der Waals surface area (Å²) in [5.74, 6) is -0.379. The maximum absolute atomic E-state index is 12.8. The molecule has 0 fully saturated rings. The summed E-state index contributed by atoms with van der Waals surface area (Å²) in [7, 11) is -3.77. The van der Waals surface area contributed by atoms with E-state index >= 15 is 0 Å². The smallest absolute Gasteiger partial charge is 0.261 e. The number of hydrogen-bond acceptors (Lipinski definition) is 3. The molecule has 0 radical (unpaired) electrons. The molecular weight excluding hydrogens is 467 g/mol. The highest BCUT2D eigenvalue weighted by Gasteiger charge is 2.17. The number of anilines is 2. The van der Waals surface area contributed by atoms with Crippen molar-refractivity contribution in [2.75, 3.05) is 10.0 Å². The fraction of sp³-hybridized carbons (Fsp3) is 0.125. The summed E-state index contributed by atoms with van der Waals surface area (Å²) in [4.78, 5) is 12.3. The van der Waals surface area contributed by atoms with E-state index in [9.17, 15) is 13.2 Å². The van der Waals surface area contributed by atoms with Crippen molar-refractivity contribution in [2.24, 2.45) is 0 Å². The first-order chi connectivity index (χ1) is 15.0. The Morgan fingerprint density at radius 1 is 0.906 bits per heavy atom. The van der Waals surface area contributed by atoms with Crippen LogP contribution in [-0.4, -0.2) is 14.3 Å². The molecule has 0 saturated carbocycles. The molecule has 3 aromatic carbocycles. The third-order valence-corrected chi connectivity index (χ3v) is 6.65. The lowest BCUT2D eigenvalue weighted by Crippen LogP contribution is -2.15. The van der Waals surface area contributed by atoms with Crippen molar-refractivity contribution in [3.8, 4) is 0 Å². The number of hydrogen-bond donors (Lipinski definition) is 2. The van der Waals surface area contributed by atoms with Gasteiger partial charge >= 0.3 is 0 Å². The van der Waals surface area contributed by atoms with Crippen LogP contribution in [-0.2, 0) is 14.8 Å². The fourth-order valence-electron chi connectivity index (χ4n) is 3.24. The molecule has 0 aliphatic rings. The summed E-state index contributed by atoms with van der Waals surface area (Å²) in [5.41, 5.74) is 4.45. The van der Waals surface area contributed by atoms with Crippen LogP contribution in [0.25, 0.3) is 6.08 Å². The quantitative estimate of drug-likeness (QED) is 0.395. The van der Waals surface area contributed by atoms with Gasteiger partial charge in [0.2, 0.25) is 5.91 Å². The molecule has 5 nitrogen and oxygen atoms in total. The van der Waals surface area contributed by atoms with E-state index in [1.54, 1.807) is 24.3 Å². The number of carbonyl (C=O) groups is 1. The molecule has 166 valence electrons. The van der Waals surface area contributed by atoms with Crippen molar-refractivity contribution in [3.05, 3.63) is 93.0 Å². The van der Waals surface area contributed by atoms with E-state index in [-0.39, 0.29) is 10.8 Å². The molecule has 32 heavy (non-hydrogen) atoms. The number of benzene rings is 3. The minimum absolute atomic E-state index is 0.0957. The highest BCUT2D eigenvalue weighted by Crippen LogP contribution is 2.26. The van der Waals surface area contributed by atoms with Gasteiger partial charge in [0.15, 0.2) is 0 Å². The van der Waals surface area contributed by atoms with Gasteiger partial charge in [-0.1, -0.05) is 47.0 Å². The Morgan fingerprint density at radius 3 is 2.12 bits per heavy atom. The molecular formula is C24H22Cl2N2O3S. The molecule has 0 atom stereocenters. The molecule has 1 amide bonds. The lowest BCUT2D eigenvalue weighted by molar-refractivity contribution is -0.111. The fourth-order valence-corrected chi connectivity index (χ4v) is 4.91. The second kappa shape index (κ2) is 9.77. The first-order valence-corrected chi connectivity index (χ1v) is 11.9. The minimum Gasteiger partial charge on any atom is -0.323 e. The maximum atomic E-state index is 12.8. The van der Waals surface area contributed by atoms with E-state index < -0.39 is 10.0 Å². The van der Waals surface area contributed by atoms with Gasteiger partial charge in [0, 0.05) is 21.8 Å². The standard InChI is InChI=1S/C24H22Cl2N2O3S/c1-15-12-16(2)24(17(3)13-15)28-32(30,31)21-9-7-20(8-10-21)27-23(29)11-5-18-4-6-19(25)14-22(18)26/h4-14,28H,1-3H3,(H,27,29)/b11-5+. The largest absolute Gasteiger partial charge is 0.323 e. The lowest BCUT2D eigenvalue weighted by atomic mass is 10.1. The molecule has 3 rings (SSSR count). The summed E-state index contributed by atoms with van der Waals surface area (Å²) in [6.45, 7) is 5.69. The topological polar surface area (TPSA) is 75.3 Å². The van der Waals surface area contributed by atoms with Crippen LogP contribution in [0.1, 0.15) is 22.3 Å². The van der Waals surface area contributed by atoms with Crippen molar-refractivity contribution in [1.82, 2.24) is 0 Å². The van der Waals surface area contributed by atoms with E-state index in [4.69, 9.17) is 23.2 Å². The highest BCUT2D eigenvalue weighted by molar-refractivity contribution is 7.92. The van der Waals surface area contributed by atoms with Gasteiger partial charge in [-0.2, -0.15) is 0 Å². The lowest BCUT2D eigenvalue weighted by Gasteiger charge is -2.14. The highest BCUT2D eigenvalue weighted by atomic mass is 35.5. The number of sulfonamides is 1. The Morgan fingerprint density at radius 2 is 1.53 bits per heavy atom. The summed E-state index contributed by atoms with van der Waals surface area (Å²) >= 11 is 12.0.